The van der Waals surface area contributed by atoms with Crippen LogP contribution in [0, 0.1) is 0 Å². The summed E-state index contributed by atoms with van der Waals surface area (Å²) in [6.45, 7) is 0. The van der Waals surface area contributed by atoms with Gasteiger partial charge >= 0.3 is 0 Å². The van der Waals surface area contributed by atoms with Gasteiger partial charge in [-0.1, -0.05) is 30.3 Å². The van der Waals surface area contributed by atoms with Gasteiger partial charge in [0.25, 0.3) is 0 Å². The summed E-state index contributed by atoms with van der Waals surface area (Å²) in [5.41, 5.74) is 7.20. The maximum atomic E-state index is 12.1. The van der Waals surface area contributed by atoms with E-state index in [0.717, 1.165) is 5.56 Å². The van der Waals surface area contributed by atoms with Crippen molar-refractivity contribution >= 4 is 17.4 Å². The van der Waals surface area contributed by atoms with Gasteiger partial charge in [0, 0.05) is 7.05 Å². The third kappa shape index (κ3) is 2.63. The Labute approximate surface area is 105 Å². The maximum Gasteiger partial charge on any atom is 0.231 e. The first-order valence-electron chi connectivity index (χ1n) is 5.54. The van der Waals surface area contributed by atoms with Crippen molar-refractivity contribution in [3.05, 3.63) is 48.4 Å². The monoisotopic (exact) mass is 242 g/mol. The normalized spacial score (nSPS) is 10.1. The lowest BCUT2D eigenvalue weighted by molar-refractivity contribution is -0.117. The van der Waals surface area contributed by atoms with Crippen molar-refractivity contribution in [2.75, 3.05) is 17.7 Å². The number of carbonyl (C=O) groups is 1. The largest absolute Gasteiger partial charge is 0.382 e. The Hall–Kier alpha value is -2.43. The number of nitrogen functional groups attached to an aromatic ring is 1. The maximum absolute atomic E-state index is 12.1. The van der Waals surface area contributed by atoms with Crippen LogP contribution in [0.25, 0.3) is 0 Å². The molecule has 0 fully saturated rings. The summed E-state index contributed by atoms with van der Waals surface area (Å²) in [6.07, 6.45) is 3.21. The fraction of sp³-hybridized carbons (Fsp3) is 0.154. The van der Waals surface area contributed by atoms with Crippen LogP contribution in [-0.4, -0.2) is 22.9 Å². The lowest BCUT2D eigenvalue weighted by Crippen LogP contribution is -2.28. The van der Waals surface area contributed by atoms with E-state index in [4.69, 9.17) is 5.73 Å². The van der Waals surface area contributed by atoms with E-state index in [0.29, 0.717) is 17.9 Å². The van der Waals surface area contributed by atoms with E-state index in [1.165, 1.54) is 17.4 Å². The summed E-state index contributed by atoms with van der Waals surface area (Å²) < 4.78 is 0. The molecule has 0 unspecified atom stereocenters. The molecular formula is C13H14N4O. The molecule has 5 nitrogen and oxygen atoms in total. The minimum atomic E-state index is -0.0531. The zero-order valence-corrected chi connectivity index (χ0v) is 10.1. The molecule has 0 saturated carbocycles. The van der Waals surface area contributed by atoms with E-state index in [2.05, 4.69) is 9.97 Å². The van der Waals surface area contributed by atoms with Crippen LogP contribution >= 0.6 is 0 Å². The molecule has 92 valence electrons. The molecule has 0 aliphatic heterocycles. The van der Waals surface area contributed by atoms with Gasteiger partial charge < -0.3 is 10.6 Å². The lowest BCUT2D eigenvalue weighted by atomic mass is 10.1. The van der Waals surface area contributed by atoms with Gasteiger partial charge in [-0.25, -0.2) is 9.97 Å². The standard InChI is InChI=1S/C13H14N4O/c1-17(11-8-15-9-16-13(11)14)12(18)7-10-5-3-2-4-6-10/h2-6,8-9H,7H2,1H3,(H2,14,15,16). The predicted molar refractivity (Wildman–Crippen MR) is 70.0 cm³/mol. The minimum absolute atomic E-state index is 0.0531. The second-order valence-electron chi connectivity index (χ2n) is 3.91. The first-order valence-corrected chi connectivity index (χ1v) is 5.54. The third-order valence-electron chi connectivity index (χ3n) is 2.66. The van der Waals surface area contributed by atoms with E-state index in [9.17, 15) is 4.79 Å². The lowest BCUT2D eigenvalue weighted by Gasteiger charge is -2.17. The molecule has 0 spiro atoms. The molecule has 1 aromatic carbocycles. The molecular weight excluding hydrogens is 228 g/mol. The highest BCUT2D eigenvalue weighted by molar-refractivity contribution is 5.96. The van der Waals surface area contributed by atoms with Gasteiger partial charge in [0.05, 0.1) is 12.6 Å². The summed E-state index contributed by atoms with van der Waals surface area (Å²) >= 11 is 0. The zero-order chi connectivity index (χ0) is 13.0. The van der Waals surface area contributed by atoms with Crippen molar-refractivity contribution in [1.82, 2.24) is 9.97 Å². The topological polar surface area (TPSA) is 72.1 Å². The van der Waals surface area contributed by atoms with Crippen LogP contribution in [-0.2, 0) is 11.2 Å². The van der Waals surface area contributed by atoms with Gasteiger partial charge in [0.2, 0.25) is 5.91 Å². The van der Waals surface area contributed by atoms with Crippen molar-refractivity contribution in [2.24, 2.45) is 0 Å². The number of hydrogen-bond acceptors (Lipinski definition) is 4. The molecule has 0 aliphatic rings. The quantitative estimate of drug-likeness (QED) is 0.879. The third-order valence-corrected chi connectivity index (χ3v) is 2.66. The summed E-state index contributed by atoms with van der Waals surface area (Å²) in [4.78, 5) is 21.3. The Morgan fingerprint density at radius 2 is 2.06 bits per heavy atom. The molecule has 0 atom stereocenters. The number of hydrogen-bond donors (Lipinski definition) is 1. The summed E-state index contributed by atoms with van der Waals surface area (Å²) in [5, 5.41) is 0. The van der Waals surface area contributed by atoms with Crippen molar-refractivity contribution in [3.8, 4) is 0 Å². The first kappa shape index (κ1) is 12.0. The first-order chi connectivity index (χ1) is 8.68. The number of likely N-dealkylation sites (N-methyl/N-ethyl adjacent to an activating group) is 1. The van der Waals surface area contributed by atoms with E-state index >= 15 is 0 Å². The van der Waals surface area contributed by atoms with E-state index in [1.54, 1.807) is 7.05 Å². The van der Waals surface area contributed by atoms with Gasteiger partial charge in [-0.2, -0.15) is 0 Å². The van der Waals surface area contributed by atoms with Crippen LogP contribution in [0.2, 0.25) is 0 Å². The summed E-state index contributed by atoms with van der Waals surface area (Å²) in [6, 6.07) is 9.55. The van der Waals surface area contributed by atoms with Gasteiger partial charge in [-0.3, -0.25) is 4.79 Å². The van der Waals surface area contributed by atoms with E-state index in [-0.39, 0.29) is 5.91 Å². The predicted octanol–water partition coefficient (Wildman–Crippen LogP) is 1.26. The zero-order valence-electron chi connectivity index (χ0n) is 10.1. The fourth-order valence-corrected chi connectivity index (χ4v) is 1.61. The van der Waals surface area contributed by atoms with E-state index in [1.807, 2.05) is 30.3 Å². The number of benzene rings is 1. The second-order valence-corrected chi connectivity index (χ2v) is 3.91. The van der Waals surface area contributed by atoms with Crippen LogP contribution in [0.3, 0.4) is 0 Å². The number of amides is 1. The number of anilines is 2. The van der Waals surface area contributed by atoms with Gasteiger partial charge in [-0.15, -0.1) is 0 Å². The van der Waals surface area contributed by atoms with Crippen molar-refractivity contribution < 1.29 is 4.79 Å². The fourth-order valence-electron chi connectivity index (χ4n) is 1.61. The molecule has 2 aromatic rings. The molecule has 0 bridgehead atoms. The number of nitrogens with zero attached hydrogens (tertiary/aromatic N) is 3. The van der Waals surface area contributed by atoms with Gasteiger partial charge in [-0.05, 0) is 5.56 Å². The van der Waals surface area contributed by atoms with Crippen LogP contribution in [0.1, 0.15) is 5.56 Å². The molecule has 0 saturated heterocycles. The van der Waals surface area contributed by atoms with E-state index < -0.39 is 0 Å². The van der Waals surface area contributed by atoms with Crippen molar-refractivity contribution in [2.45, 2.75) is 6.42 Å². The molecule has 1 heterocycles. The van der Waals surface area contributed by atoms with Crippen LogP contribution in [0.15, 0.2) is 42.9 Å². The number of nitrogens with two attached hydrogens (primary N) is 1. The average molecular weight is 242 g/mol. The Morgan fingerprint density at radius 1 is 1.33 bits per heavy atom. The average Bonchev–Trinajstić information content (AvgIpc) is 2.39. The smallest absolute Gasteiger partial charge is 0.231 e. The molecule has 0 radical (unpaired) electrons. The summed E-state index contributed by atoms with van der Waals surface area (Å²) in [5.74, 6) is 0.247. The molecule has 1 aromatic heterocycles. The highest BCUT2D eigenvalue weighted by Gasteiger charge is 2.14. The Morgan fingerprint density at radius 3 is 2.72 bits per heavy atom. The number of rotatable bonds is 3. The number of carbonyl (C=O) groups excluding carboxylic acids is 1. The van der Waals surface area contributed by atoms with Crippen LogP contribution in [0.5, 0.6) is 0 Å². The minimum Gasteiger partial charge on any atom is -0.382 e. The van der Waals surface area contributed by atoms with Crippen LogP contribution < -0.4 is 10.6 Å². The second kappa shape index (κ2) is 5.27. The molecule has 1 amide bonds. The highest BCUT2D eigenvalue weighted by Crippen LogP contribution is 2.18. The van der Waals surface area contributed by atoms with Crippen molar-refractivity contribution in [1.29, 1.82) is 0 Å². The van der Waals surface area contributed by atoms with Crippen LogP contribution in [0.4, 0.5) is 11.5 Å². The molecule has 2 N–H and O–H groups in total. The number of aromatic nitrogens is 2. The van der Waals surface area contributed by atoms with Crippen molar-refractivity contribution in [3.63, 3.8) is 0 Å². The molecule has 2 rings (SSSR count). The Bertz CT molecular complexity index is 542. The SMILES string of the molecule is CN(C(=O)Cc1ccccc1)c1cncnc1N. The Kier molecular flexibility index (Phi) is 3.52. The molecule has 0 aliphatic carbocycles. The molecule has 18 heavy (non-hydrogen) atoms. The Balaban J connectivity index is 2.13. The van der Waals surface area contributed by atoms with Gasteiger partial charge in [0.15, 0.2) is 5.82 Å². The van der Waals surface area contributed by atoms with Gasteiger partial charge in [0.1, 0.15) is 12.0 Å². The molecule has 5 heteroatoms. The highest BCUT2D eigenvalue weighted by atomic mass is 16.2. The summed E-state index contributed by atoms with van der Waals surface area (Å²) in [7, 11) is 1.67.